The lowest BCUT2D eigenvalue weighted by Gasteiger charge is -2.19. The summed E-state index contributed by atoms with van der Waals surface area (Å²) in [7, 11) is 0. The topological polar surface area (TPSA) is 125 Å². The predicted octanol–water partition coefficient (Wildman–Crippen LogP) is 4.19. The number of pyridine rings is 1. The first kappa shape index (κ1) is 24.9. The summed E-state index contributed by atoms with van der Waals surface area (Å²) in [6, 6.07) is 13.2. The normalized spacial score (nSPS) is 12.0. The minimum Gasteiger partial charge on any atom is -0.490 e. The fourth-order valence-corrected chi connectivity index (χ4v) is 3.94. The monoisotopic (exact) mass is 491 g/mol. The van der Waals surface area contributed by atoms with Crippen LogP contribution in [0.25, 0.3) is 22.2 Å². The van der Waals surface area contributed by atoms with Gasteiger partial charge in [-0.2, -0.15) is 0 Å². The van der Waals surface area contributed by atoms with Gasteiger partial charge in [0.2, 0.25) is 0 Å². The maximum absolute atomic E-state index is 14.1. The van der Waals surface area contributed by atoms with Crippen LogP contribution >= 0.6 is 0 Å². The van der Waals surface area contributed by atoms with E-state index in [1.807, 2.05) is 32.0 Å². The van der Waals surface area contributed by atoms with Crippen LogP contribution in [0.2, 0.25) is 0 Å². The number of amides is 1. The third-order valence-electron chi connectivity index (χ3n) is 5.53. The van der Waals surface area contributed by atoms with Gasteiger partial charge in [-0.3, -0.25) is 9.78 Å². The Morgan fingerprint density at radius 3 is 2.61 bits per heavy atom. The van der Waals surface area contributed by atoms with Crippen molar-refractivity contribution in [2.45, 2.75) is 32.4 Å². The van der Waals surface area contributed by atoms with Crippen molar-refractivity contribution in [3.05, 3.63) is 83.4 Å². The van der Waals surface area contributed by atoms with Crippen molar-refractivity contribution < 1.29 is 28.9 Å². The van der Waals surface area contributed by atoms with Gasteiger partial charge in [-0.15, -0.1) is 0 Å². The molecule has 9 heteroatoms. The summed E-state index contributed by atoms with van der Waals surface area (Å²) >= 11 is 0. The average Bonchev–Trinajstić information content (AvgIpc) is 3.25. The number of nitrogens with zero attached hydrogens (tertiary/aromatic N) is 1. The van der Waals surface area contributed by atoms with Gasteiger partial charge in [0.25, 0.3) is 5.91 Å². The Morgan fingerprint density at radius 2 is 1.92 bits per heavy atom. The predicted molar refractivity (Wildman–Crippen MR) is 133 cm³/mol. The second-order valence-electron chi connectivity index (χ2n) is 8.70. The largest absolute Gasteiger partial charge is 0.490 e. The molecule has 4 aromatic rings. The third kappa shape index (κ3) is 5.69. The molecule has 0 fully saturated rings. The molecular formula is C27H26FN3O5. The molecule has 0 saturated carbocycles. The molecule has 2 heterocycles. The van der Waals surface area contributed by atoms with Gasteiger partial charge in [-0.05, 0) is 73.5 Å². The number of H-pyrrole nitrogens is 1. The number of benzene rings is 2. The van der Waals surface area contributed by atoms with E-state index in [2.05, 4.69) is 15.3 Å². The second kappa shape index (κ2) is 10.6. The molecule has 1 unspecified atom stereocenters. The van der Waals surface area contributed by atoms with Crippen LogP contribution in [0.5, 0.6) is 5.75 Å². The maximum Gasteiger partial charge on any atom is 0.335 e. The summed E-state index contributed by atoms with van der Waals surface area (Å²) in [4.78, 5) is 32.2. The lowest BCUT2D eigenvalue weighted by Crippen LogP contribution is -2.39. The highest BCUT2D eigenvalue weighted by molar-refractivity contribution is 5.98. The van der Waals surface area contributed by atoms with Gasteiger partial charge in [0.15, 0.2) is 0 Å². The molecular weight excluding hydrogens is 465 g/mol. The Balaban J connectivity index is 1.63. The summed E-state index contributed by atoms with van der Waals surface area (Å²) < 4.78 is 19.9. The van der Waals surface area contributed by atoms with Gasteiger partial charge in [0.1, 0.15) is 11.6 Å². The molecule has 0 aliphatic heterocycles. The summed E-state index contributed by atoms with van der Waals surface area (Å²) in [5.74, 6) is -2.14. The fraction of sp³-hybridized carbons (Fsp3) is 0.222. The van der Waals surface area contributed by atoms with Crippen LogP contribution in [-0.2, 0) is 6.42 Å². The van der Waals surface area contributed by atoms with Crippen LogP contribution in [0.1, 0.15) is 40.3 Å². The number of aromatic amines is 1. The second-order valence-corrected chi connectivity index (χ2v) is 8.70. The molecule has 0 aliphatic rings. The van der Waals surface area contributed by atoms with Crippen molar-refractivity contribution in [3.8, 4) is 16.9 Å². The summed E-state index contributed by atoms with van der Waals surface area (Å²) in [5.41, 5.74) is 3.17. The Bertz CT molecular complexity index is 1380. The lowest BCUT2D eigenvalue weighted by molar-refractivity contribution is 0.0696. The van der Waals surface area contributed by atoms with Crippen molar-refractivity contribution in [2.75, 3.05) is 6.61 Å². The number of hydrogen-bond acceptors (Lipinski definition) is 5. The highest BCUT2D eigenvalue weighted by Crippen LogP contribution is 2.29. The SMILES string of the molecule is CC(C)Oc1ccc(-c2cc(F)cc(C(=O)O)c2)cc1C(=O)NC(CO)Cc1cc2ncccc2[nH]1. The van der Waals surface area contributed by atoms with E-state index in [9.17, 15) is 24.2 Å². The Morgan fingerprint density at radius 1 is 1.11 bits per heavy atom. The van der Waals surface area contributed by atoms with Crippen LogP contribution in [0.3, 0.4) is 0 Å². The zero-order chi connectivity index (χ0) is 25.8. The molecule has 0 bridgehead atoms. The highest BCUT2D eigenvalue weighted by atomic mass is 19.1. The molecule has 0 spiro atoms. The van der Waals surface area contributed by atoms with E-state index in [1.165, 1.54) is 18.2 Å². The van der Waals surface area contributed by atoms with Gasteiger partial charge in [-0.1, -0.05) is 6.07 Å². The number of hydrogen-bond donors (Lipinski definition) is 4. The van der Waals surface area contributed by atoms with Crippen molar-refractivity contribution in [1.29, 1.82) is 0 Å². The lowest BCUT2D eigenvalue weighted by atomic mass is 9.99. The number of rotatable bonds is 9. The highest BCUT2D eigenvalue weighted by Gasteiger charge is 2.20. The quantitative estimate of drug-likeness (QED) is 0.278. The molecule has 36 heavy (non-hydrogen) atoms. The minimum absolute atomic E-state index is 0.180. The van der Waals surface area contributed by atoms with E-state index in [4.69, 9.17) is 4.74 Å². The third-order valence-corrected chi connectivity index (χ3v) is 5.53. The number of nitrogens with one attached hydrogen (secondary N) is 2. The number of halogens is 1. The van der Waals surface area contributed by atoms with E-state index in [-0.39, 0.29) is 23.8 Å². The number of carboxylic acid groups (broad SMARTS) is 1. The van der Waals surface area contributed by atoms with Gasteiger partial charge < -0.3 is 25.3 Å². The number of aliphatic hydroxyl groups is 1. The number of carbonyl (C=O) groups is 2. The minimum atomic E-state index is -1.26. The molecule has 2 aromatic carbocycles. The van der Waals surface area contributed by atoms with E-state index in [0.717, 1.165) is 22.8 Å². The molecule has 8 nitrogen and oxygen atoms in total. The molecule has 0 radical (unpaired) electrons. The van der Waals surface area contributed by atoms with Crippen LogP contribution in [0.4, 0.5) is 4.39 Å². The molecule has 186 valence electrons. The number of carboxylic acids is 1. The Hall–Kier alpha value is -4.24. The van der Waals surface area contributed by atoms with Crippen molar-refractivity contribution in [3.63, 3.8) is 0 Å². The molecule has 1 amide bonds. The number of aromatic carboxylic acids is 1. The van der Waals surface area contributed by atoms with Gasteiger partial charge in [0.05, 0.1) is 40.9 Å². The van der Waals surface area contributed by atoms with Gasteiger partial charge >= 0.3 is 5.97 Å². The van der Waals surface area contributed by atoms with E-state index in [0.29, 0.717) is 23.3 Å². The van der Waals surface area contributed by atoms with Crippen LogP contribution < -0.4 is 10.1 Å². The average molecular weight is 492 g/mol. The van der Waals surface area contributed by atoms with Crippen LogP contribution in [0.15, 0.2) is 60.8 Å². The molecule has 0 aliphatic carbocycles. The van der Waals surface area contributed by atoms with Crippen molar-refractivity contribution >= 4 is 22.9 Å². The molecule has 4 rings (SSSR count). The molecule has 4 N–H and O–H groups in total. The number of carbonyl (C=O) groups excluding carboxylic acids is 1. The first-order valence-electron chi connectivity index (χ1n) is 11.4. The number of aliphatic hydroxyl groups excluding tert-OH is 1. The number of fused-ring (bicyclic) bond motifs is 1. The van der Waals surface area contributed by atoms with Crippen molar-refractivity contribution in [2.24, 2.45) is 0 Å². The molecule has 1 atom stereocenters. The first-order chi connectivity index (χ1) is 17.2. The summed E-state index contributed by atoms with van der Waals surface area (Å²) in [5, 5.41) is 22.1. The number of ether oxygens (including phenoxy) is 1. The van der Waals surface area contributed by atoms with Crippen LogP contribution in [-0.4, -0.2) is 50.8 Å². The van der Waals surface area contributed by atoms with Gasteiger partial charge in [-0.25, -0.2) is 9.18 Å². The fourth-order valence-electron chi connectivity index (χ4n) is 3.94. The maximum atomic E-state index is 14.1. The first-order valence-corrected chi connectivity index (χ1v) is 11.4. The Labute approximate surface area is 206 Å². The summed E-state index contributed by atoms with van der Waals surface area (Å²) in [6.07, 6.45) is 1.81. The molecule has 2 aromatic heterocycles. The van der Waals surface area contributed by atoms with E-state index in [1.54, 1.807) is 18.3 Å². The van der Waals surface area contributed by atoms with Crippen LogP contribution in [0, 0.1) is 5.82 Å². The van der Waals surface area contributed by atoms with E-state index < -0.39 is 23.7 Å². The molecule has 0 saturated heterocycles. The van der Waals surface area contributed by atoms with E-state index >= 15 is 0 Å². The zero-order valence-electron chi connectivity index (χ0n) is 19.8. The number of aromatic nitrogens is 2. The standard InChI is InChI=1S/C27H26FN3O5/c1-15(2)36-25-6-5-16(17-8-18(27(34)35)10-19(28)9-17)11-22(25)26(33)31-21(14-32)12-20-13-24-23(30-20)4-3-7-29-24/h3-11,13,15,21,30,32H,12,14H2,1-2H3,(H,31,33)(H,34,35). The zero-order valence-corrected chi connectivity index (χ0v) is 19.8. The van der Waals surface area contributed by atoms with Crippen molar-refractivity contribution in [1.82, 2.24) is 15.3 Å². The summed E-state index contributed by atoms with van der Waals surface area (Å²) in [6.45, 7) is 3.34. The van der Waals surface area contributed by atoms with Gasteiger partial charge in [0, 0.05) is 18.3 Å². The smallest absolute Gasteiger partial charge is 0.335 e. The Kier molecular flexibility index (Phi) is 7.30.